The molecule has 2 aromatic rings. The van der Waals surface area contributed by atoms with Gasteiger partial charge in [-0.1, -0.05) is 15.9 Å². The minimum Gasteiger partial charge on any atom is -0.381 e. The number of anilines is 1. The van der Waals surface area contributed by atoms with Gasteiger partial charge in [0.15, 0.2) is 0 Å². The molecule has 2 aromatic carbocycles. The van der Waals surface area contributed by atoms with Crippen molar-refractivity contribution in [1.82, 2.24) is 0 Å². The number of hydrogen-bond acceptors (Lipinski definition) is 1. The minimum atomic E-state index is -0.558. The fourth-order valence-electron chi connectivity index (χ4n) is 1.76. The predicted octanol–water partition coefficient (Wildman–Crippen LogP) is 4.65. The number of rotatable bonds is 3. The van der Waals surface area contributed by atoms with Crippen molar-refractivity contribution in [2.24, 2.45) is 0 Å². The Hall–Kier alpha value is -1.42. The van der Waals surface area contributed by atoms with E-state index in [1.54, 1.807) is 0 Å². The average molecular weight is 312 g/mol. The van der Waals surface area contributed by atoms with Crippen molar-refractivity contribution < 1.29 is 8.78 Å². The SMILES string of the molecule is Cc1cc(Br)cc(NCc2cc(F)cc(F)c2)c1. The molecule has 0 unspecified atom stereocenters. The summed E-state index contributed by atoms with van der Waals surface area (Å²) in [6.07, 6.45) is 0. The Kier molecular flexibility index (Phi) is 3.97. The number of nitrogens with one attached hydrogen (secondary N) is 1. The fraction of sp³-hybridized carbons (Fsp3) is 0.143. The highest BCUT2D eigenvalue weighted by Gasteiger charge is 2.01. The number of benzene rings is 2. The smallest absolute Gasteiger partial charge is 0.126 e. The summed E-state index contributed by atoms with van der Waals surface area (Å²) in [5.41, 5.74) is 2.59. The molecule has 0 spiro atoms. The second kappa shape index (κ2) is 5.48. The van der Waals surface area contributed by atoms with Gasteiger partial charge in [-0.05, 0) is 48.4 Å². The summed E-state index contributed by atoms with van der Waals surface area (Å²) < 4.78 is 27.0. The molecule has 18 heavy (non-hydrogen) atoms. The Bertz CT molecular complexity index is 478. The van der Waals surface area contributed by atoms with Crippen LogP contribution in [0.5, 0.6) is 0 Å². The van der Waals surface area contributed by atoms with Crippen LogP contribution >= 0.6 is 15.9 Å². The van der Waals surface area contributed by atoms with Crippen molar-refractivity contribution in [3.05, 3.63) is 63.6 Å². The molecule has 0 amide bonds. The molecule has 94 valence electrons. The van der Waals surface area contributed by atoms with Crippen molar-refractivity contribution in [1.29, 1.82) is 0 Å². The van der Waals surface area contributed by atoms with Gasteiger partial charge in [-0.25, -0.2) is 8.78 Å². The standard InChI is InChI=1S/C14H12BrF2N/c1-9-2-11(15)6-14(3-9)18-8-10-4-12(16)7-13(17)5-10/h2-7,18H,8H2,1H3. The topological polar surface area (TPSA) is 12.0 Å². The van der Waals surface area contributed by atoms with E-state index in [-0.39, 0.29) is 0 Å². The Morgan fingerprint density at radius 3 is 2.28 bits per heavy atom. The second-order valence-electron chi connectivity index (χ2n) is 4.15. The van der Waals surface area contributed by atoms with Gasteiger partial charge in [0, 0.05) is 22.8 Å². The maximum absolute atomic E-state index is 13.0. The summed E-state index contributed by atoms with van der Waals surface area (Å²) >= 11 is 3.40. The van der Waals surface area contributed by atoms with E-state index in [9.17, 15) is 8.78 Å². The molecular formula is C14H12BrF2N. The Morgan fingerprint density at radius 2 is 1.67 bits per heavy atom. The van der Waals surface area contributed by atoms with Crippen LogP contribution in [0.3, 0.4) is 0 Å². The lowest BCUT2D eigenvalue weighted by Crippen LogP contribution is -2.00. The van der Waals surface area contributed by atoms with E-state index in [0.29, 0.717) is 12.1 Å². The van der Waals surface area contributed by atoms with Gasteiger partial charge in [-0.3, -0.25) is 0 Å². The number of aryl methyl sites for hydroxylation is 1. The van der Waals surface area contributed by atoms with Crippen LogP contribution in [0.15, 0.2) is 40.9 Å². The van der Waals surface area contributed by atoms with E-state index in [1.165, 1.54) is 12.1 Å². The van der Waals surface area contributed by atoms with Gasteiger partial charge in [0.1, 0.15) is 11.6 Å². The molecule has 1 N–H and O–H groups in total. The first-order valence-corrected chi connectivity index (χ1v) is 6.28. The minimum absolute atomic E-state index is 0.380. The molecule has 0 aliphatic carbocycles. The van der Waals surface area contributed by atoms with E-state index in [2.05, 4.69) is 21.2 Å². The van der Waals surface area contributed by atoms with Gasteiger partial charge in [0.2, 0.25) is 0 Å². The zero-order valence-corrected chi connectivity index (χ0v) is 11.4. The van der Waals surface area contributed by atoms with Gasteiger partial charge < -0.3 is 5.32 Å². The molecule has 0 saturated heterocycles. The summed E-state index contributed by atoms with van der Waals surface area (Å²) in [6.45, 7) is 2.36. The maximum Gasteiger partial charge on any atom is 0.126 e. The average Bonchev–Trinajstić information content (AvgIpc) is 2.23. The first-order valence-electron chi connectivity index (χ1n) is 5.49. The molecule has 0 aliphatic rings. The summed E-state index contributed by atoms with van der Waals surface area (Å²) in [5.74, 6) is -1.12. The molecule has 2 rings (SSSR count). The van der Waals surface area contributed by atoms with Crippen LogP contribution < -0.4 is 5.32 Å². The van der Waals surface area contributed by atoms with Crippen molar-refractivity contribution in [2.75, 3.05) is 5.32 Å². The first-order chi connectivity index (χ1) is 8.52. The van der Waals surface area contributed by atoms with Crippen LogP contribution in [0.1, 0.15) is 11.1 Å². The van der Waals surface area contributed by atoms with Gasteiger partial charge in [0.05, 0.1) is 0 Å². The van der Waals surface area contributed by atoms with Gasteiger partial charge in [-0.15, -0.1) is 0 Å². The third kappa shape index (κ3) is 3.53. The number of hydrogen-bond donors (Lipinski definition) is 1. The molecule has 0 saturated carbocycles. The number of halogens is 3. The van der Waals surface area contributed by atoms with E-state index in [0.717, 1.165) is 21.8 Å². The van der Waals surface area contributed by atoms with Crippen molar-refractivity contribution in [3.63, 3.8) is 0 Å². The summed E-state index contributed by atoms with van der Waals surface area (Å²) in [5, 5.41) is 3.13. The lowest BCUT2D eigenvalue weighted by atomic mass is 10.2. The zero-order chi connectivity index (χ0) is 13.1. The van der Waals surface area contributed by atoms with Crippen LogP contribution in [0, 0.1) is 18.6 Å². The third-order valence-electron chi connectivity index (χ3n) is 2.46. The zero-order valence-electron chi connectivity index (χ0n) is 9.81. The van der Waals surface area contributed by atoms with E-state index in [1.807, 2.05) is 25.1 Å². The van der Waals surface area contributed by atoms with Crippen LogP contribution in [-0.2, 0) is 6.54 Å². The molecule has 0 fully saturated rings. The lowest BCUT2D eigenvalue weighted by molar-refractivity contribution is 0.580. The first kappa shape index (κ1) is 13.0. The Labute approximate surface area is 113 Å². The van der Waals surface area contributed by atoms with Crippen LogP contribution in [-0.4, -0.2) is 0 Å². The molecule has 1 nitrogen and oxygen atoms in total. The van der Waals surface area contributed by atoms with Crippen molar-refractivity contribution in [3.8, 4) is 0 Å². The van der Waals surface area contributed by atoms with E-state index >= 15 is 0 Å². The van der Waals surface area contributed by atoms with Crippen molar-refractivity contribution in [2.45, 2.75) is 13.5 Å². The maximum atomic E-state index is 13.0. The molecular weight excluding hydrogens is 300 g/mol. The summed E-state index contributed by atoms with van der Waals surface area (Å²) in [6, 6.07) is 9.39. The van der Waals surface area contributed by atoms with E-state index < -0.39 is 11.6 Å². The third-order valence-corrected chi connectivity index (χ3v) is 2.92. The molecule has 0 atom stereocenters. The van der Waals surface area contributed by atoms with E-state index in [4.69, 9.17) is 0 Å². The molecule has 0 heterocycles. The Balaban J connectivity index is 2.11. The highest BCUT2D eigenvalue weighted by Crippen LogP contribution is 2.20. The monoisotopic (exact) mass is 311 g/mol. The molecule has 0 radical (unpaired) electrons. The lowest BCUT2D eigenvalue weighted by Gasteiger charge is -2.08. The van der Waals surface area contributed by atoms with Gasteiger partial charge in [-0.2, -0.15) is 0 Å². The molecule has 0 aliphatic heterocycles. The van der Waals surface area contributed by atoms with Gasteiger partial charge >= 0.3 is 0 Å². The van der Waals surface area contributed by atoms with Gasteiger partial charge in [0.25, 0.3) is 0 Å². The predicted molar refractivity (Wildman–Crippen MR) is 72.6 cm³/mol. The van der Waals surface area contributed by atoms with Crippen LogP contribution in [0.2, 0.25) is 0 Å². The van der Waals surface area contributed by atoms with Crippen LogP contribution in [0.4, 0.5) is 14.5 Å². The van der Waals surface area contributed by atoms with Crippen LogP contribution in [0.25, 0.3) is 0 Å². The quantitative estimate of drug-likeness (QED) is 0.870. The second-order valence-corrected chi connectivity index (χ2v) is 5.06. The molecule has 4 heteroatoms. The highest BCUT2D eigenvalue weighted by atomic mass is 79.9. The summed E-state index contributed by atoms with van der Waals surface area (Å²) in [7, 11) is 0. The largest absolute Gasteiger partial charge is 0.381 e. The molecule has 0 aromatic heterocycles. The highest BCUT2D eigenvalue weighted by molar-refractivity contribution is 9.10. The summed E-state index contributed by atoms with van der Waals surface area (Å²) in [4.78, 5) is 0. The van der Waals surface area contributed by atoms with Crippen molar-refractivity contribution >= 4 is 21.6 Å². The normalized spacial score (nSPS) is 10.4. The Morgan fingerprint density at radius 1 is 1.00 bits per heavy atom. The molecule has 0 bridgehead atoms. The fourth-order valence-corrected chi connectivity index (χ4v) is 2.36.